The molecular weight excluding hydrogens is 336 g/mol. The number of anilines is 1. The molecule has 0 spiro atoms. The minimum Gasteiger partial charge on any atom is -0.341 e. The maximum absolute atomic E-state index is 12.2. The van der Waals surface area contributed by atoms with E-state index in [2.05, 4.69) is 19.6 Å². The molecule has 8 heteroatoms. The number of nitrogens with zero attached hydrogens (tertiary/aromatic N) is 3. The standard InChI is InChI=1S/C15H17ClN4O2S/c16-12-3-5-14(6-4-12)23(21,22)18-11-13-7-8-17-15(19-13)20-9-1-2-10-20/h3-8,18H,1-2,9-11H2. The first kappa shape index (κ1) is 16.2. The van der Waals surface area contributed by atoms with Crippen molar-refractivity contribution in [1.29, 1.82) is 0 Å². The maximum Gasteiger partial charge on any atom is 0.240 e. The van der Waals surface area contributed by atoms with Crippen LogP contribution in [0.15, 0.2) is 41.4 Å². The van der Waals surface area contributed by atoms with E-state index in [1.807, 2.05) is 0 Å². The third-order valence-corrected chi connectivity index (χ3v) is 5.33. The molecule has 0 bridgehead atoms. The Morgan fingerprint density at radius 2 is 1.83 bits per heavy atom. The van der Waals surface area contributed by atoms with Gasteiger partial charge in [0.15, 0.2) is 0 Å². The van der Waals surface area contributed by atoms with Gasteiger partial charge >= 0.3 is 0 Å². The zero-order chi connectivity index (χ0) is 16.3. The molecule has 1 aliphatic heterocycles. The van der Waals surface area contributed by atoms with Gasteiger partial charge in [-0.25, -0.2) is 23.1 Å². The number of nitrogens with one attached hydrogen (secondary N) is 1. The molecule has 1 fully saturated rings. The molecule has 0 atom stereocenters. The van der Waals surface area contributed by atoms with E-state index < -0.39 is 10.0 Å². The third-order valence-electron chi connectivity index (χ3n) is 3.66. The molecule has 1 saturated heterocycles. The van der Waals surface area contributed by atoms with Gasteiger partial charge in [-0.1, -0.05) is 11.6 Å². The van der Waals surface area contributed by atoms with Gasteiger partial charge < -0.3 is 4.90 Å². The van der Waals surface area contributed by atoms with Crippen molar-refractivity contribution in [3.05, 3.63) is 47.2 Å². The van der Waals surface area contributed by atoms with E-state index >= 15 is 0 Å². The lowest BCUT2D eigenvalue weighted by molar-refractivity contribution is 0.580. The minimum atomic E-state index is -3.59. The van der Waals surface area contributed by atoms with Crippen molar-refractivity contribution in [3.8, 4) is 0 Å². The second-order valence-corrected chi connectivity index (χ2v) is 7.52. The summed E-state index contributed by atoms with van der Waals surface area (Å²) in [5.74, 6) is 0.658. The first-order valence-corrected chi connectivity index (χ1v) is 9.23. The molecule has 23 heavy (non-hydrogen) atoms. The van der Waals surface area contributed by atoms with Gasteiger partial charge in [-0.3, -0.25) is 0 Å². The average Bonchev–Trinajstić information content (AvgIpc) is 3.08. The van der Waals surface area contributed by atoms with Gasteiger partial charge in [0.05, 0.1) is 17.1 Å². The molecule has 122 valence electrons. The largest absolute Gasteiger partial charge is 0.341 e. The van der Waals surface area contributed by atoms with Crippen LogP contribution < -0.4 is 9.62 Å². The maximum atomic E-state index is 12.2. The van der Waals surface area contributed by atoms with E-state index in [9.17, 15) is 8.42 Å². The summed E-state index contributed by atoms with van der Waals surface area (Å²) in [5.41, 5.74) is 0.638. The van der Waals surface area contributed by atoms with E-state index in [-0.39, 0.29) is 11.4 Å². The van der Waals surface area contributed by atoms with Crippen molar-refractivity contribution in [2.45, 2.75) is 24.3 Å². The van der Waals surface area contributed by atoms with Gasteiger partial charge in [0.1, 0.15) is 0 Å². The van der Waals surface area contributed by atoms with Crippen LogP contribution in [0.3, 0.4) is 0 Å². The molecule has 0 saturated carbocycles. The summed E-state index contributed by atoms with van der Waals surface area (Å²) in [7, 11) is -3.59. The zero-order valence-corrected chi connectivity index (χ0v) is 14.0. The SMILES string of the molecule is O=S(=O)(NCc1ccnc(N2CCCC2)n1)c1ccc(Cl)cc1. The molecular formula is C15H17ClN4O2S. The van der Waals surface area contributed by atoms with Crippen molar-refractivity contribution in [3.63, 3.8) is 0 Å². The number of rotatable bonds is 5. The summed E-state index contributed by atoms with van der Waals surface area (Å²) < 4.78 is 27.0. The molecule has 0 amide bonds. The molecule has 0 unspecified atom stereocenters. The van der Waals surface area contributed by atoms with E-state index in [0.717, 1.165) is 25.9 Å². The van der Waals surface area contributed by atoms with E-state index in [1.54, 1.807) is 24.4 Å². The summed E-state index contributed by atoms with van der Waals surface area (Å²) in [6, 6.07) is 7.75. The lowest BCUT2D eigenvalue weighted by Gasteiger charge is -2.15. The fourth-order valence-corrected chi connectivity index (χ4v) is 3.54. The van der Waals surface area contributed by atoms with Gasteiger partial charge in [0.25, 0.3) is 0 Å². The normalized spacial score (nSPS) is 15.1. The number of sulfonamides is 1. The smallest absolute Gasteiger partial charge is 0.240 e. The highest BCUT2D eigenvalue weighted by atomic mass is 35.5. The average molecular weight is 353 g/mol. The van der Waals surface area contributed by atoms with Crippen LogP contribution in [0, 0.1) is 0 Å². The number of benzene rings is 1. The van der Waals surface area contributed by atoms with Crippen molar-refractivity contribution < 1.29 is 8.42 Å². The Balaban J connectivity index is 1.70. The number of hydrogen-bond donors (Lipinski definition) is 1. The second kappa shape index (κ2) is 6.82. The predicted octanol–water partition coefficient (Wildman–Crippen LogP) is 2.21. The monoisotopic (exact) mass is 352 g/mol. The molecule has 3 rings (SSSR count). The van der Waals surface area contributed by atoms with Crippen LogP contribution in [0.4, 0.5) is 5.95 Å². The Labute approximate surface area is 140 Å². The summed E-state index contributed by atoms with van der Waals surface area (Å²) in [4.78, 5) is 11.0. The molecule has 2 heterocycles. The number of hydrogen-bond acceptors (Lipinski definition) is 5. The number of aromatic nitrogens is 2. The van der Waals surface area contributed by atoms with Crippen molar-refractivity contribution in [2.24, 2.45) is 0 Å². The lowest BCUT2D eigenvalue weighted by atomic mass is 10.4. The highest BCUT2D eigenvalue weighted by molar-refractivity contribution is 7.89. The molecule has 2 aromatic rings. The van der Waals surface area contributed by atoms with E-state index in [4.69, 9.17) is 11.6 Å². The molecule has 0 aliphatic carbocycles. The first-order chi connectivity index (χ1) is 11.0. The van der Waals surface area contributed by atoms with Crippen LogP contribution in [0.25, 0.3) is 0 Å². The Kier molecular flexibility index (Phi) is 4.79. The van der Waals surface area contributed by atoms with Crippen molar-refractivity contribution in [1.82, 2.24) is 14.7 Å². The summed E-state index contributed by atoms with van der Waals surface area (Å²) in [6.45, 7) is 2.01. The van der Waals surface area contributed by atoms with Gasteiger partial charge in [0.2, 0.25) is 16.0 Å². The molecule has 1 N–H and O–H groups in total. The first-order valence-electron chi connectivity index (χ1n) is 7.37. The minimum absolute atomic E-state index is 0.119. The number of halogens is 1. The van der Waals surface area contributed by atoms with Gasteiger partial charge in [-0.2, -0.15) is 0 Å². The third kappa shape index (κ3) is 3.99. The molecule has 0 radical (unpaired) electrons. The summed E-state index contributed by atoms with van der Waals surface area (Å²) in [6.07, 6.45) is 3.93. The summed E-state index contributed by atoms with van der Waals surface area (Å²) >= 11 is 5.78. The predicted molar refractivity (Wildman–Crippen MR) is 89.0 cm³/mol. The Bertz CT molecular complexity index is 774. The van der Waals surface area contributed by atoms with Crippen LogP contribution in [0.1, 0.15) is 18.5 Å². The highest BCUT2D eigenvalue weighted by Crippen LogP contribution is 2.16. The highest BCUT2D eigenvalue weighted by Gasteiger charge is 2.17. The van der Waals surface area contributed by atoms with E-state index in [1.165, 1.54) is 12.1 Å². The van der Waals surface area contributed by atoms with Crippen molar-refractivity contribution >= 4 is 27.6 Å². The fraction of sp³-hybridized carbons (Fsp3) is 0.333. The molecule has 1 aliphatic rings. The van der Waals surface area contributed by atoms with Gasteiger partial charge in [-0.15, -0.1) is 0 Å². The molecule has 6 nitrogen and oxygen atoms in total. The second-order valence-electron chi connectivity index (χ2n) is 5.32. The summed E-state index contributed by atoms with van der Waals surface area (Å²) in [5, 5.41) is 0.495. The Hall–Kier alpha value is -1.70. The van der Waals surface area contributed by atoms with E-state index in [0.29, 0.717) is 16.7 Å². The van der Waals surface area contributed by atoms with Gasteiger partial charge in [-0.05, 0) is 43.2 Å². The zero-order valence-electron chi connectivity index (χ0n) is 12.4. The Morgan fingerprint density at radius 3 is 2.52 bits per heavy atom. The van der Waals surface area contributed by atoms with Gasteiger partial charge in [0, 0.05) is 24.3 Å². The van der Waals surface area contributed by atoms with Crippen LogP contribution in [0.2, 0.25) is 5.02 Å². The van der Waals surface area contributed by atoms with Crippen LogP contribution in [-0.4, -0.2) is 31.5 Å². The quantitative estimate of drug-likeness (QED) is 0.892. The van der Waals surface area contributed by atoms with Crippen molar-refractivity contribution in [2.75, 3.05) is 18.0 Å². The van der Waals surface area contributed by atoms with Crippen LogP contribution in [-0.2, 0) is 16.6 Å². The van der Waals surface area contributed by atoms with Crippen LogP contribution >= 0.6 is 11.6 Å². The topological polar surface area (TPSA) is 75.2 Å². The fourth-order valence-electron chi connectivity index (χ4n) is 2.42. The molecule has 1 aromatic heterocycles. The molecule has 1 aromatic carbocycles. The lowest BCUT2D eigenvalue weighted by Crippen LogP contribution is -2.25. The Morgan fingerprint density at radius 1 is 1.13 bits per heavy atom. The van der Waals surface area contributed by atoms with Crippen LogP contribution in [0.5, 0.6) is 0 Å².